The number of benzene rings is 1. The van der Waals surface area contributed by atoms with Crippen molar-refractivity contribution in [2.45, 2.75) is 13.3 Å². The molecule has 0 unspecified atom stereocenters. The third kappa shape index (κ3) is 2.16. The lowest BCUT2D eigenvalue weighted by Gasteiger charge is -2.07. The lowest BCUT2D eigenvalue weighted by molar-refractivity contribution is -0.116. The number of carbonyl (C=O) groups is 1. The van der Waals surface area contributed by atoms with Crippen LogP contribution in [0.3, 0.4) is 0 Å². The van der Waals surface area contributed by atoms with Crippen LogP contribution in [0.1, 0.15) is 12.5 Å². The number of ether oxygens (including phenoxy) is 1. The molecule has 0 saturated carbocycles. The summed E-state index contributed by atoms with van der Waals surface area (Å²) in [6, 6.07) is 2.87. The lowest BCUT2D eigenvalue weighted by Crippen LogP contribution is -1.97. The molecule has 2 N–H and O–H groups in total. The van der Waals surface area contributed by atoms with Gasteiger partial charge in [0.1, 0.15) is 5.78 Å². The Labute approximate surface area is 81.8 Å². The first-order valence-electron chi connectivity index (χ1n) is 4.13. The number of phenols is 2. The van der Waals surface area contributed by atoms with Gasteiger partial charge in [0.15, 0.2) is 11.5 Å². The van der Waals surface area contributed by atoms with Crippen LogP contribution < -0.4 is 4.74 Å². The topological polar surface area (TPSA) is 66.8 Å². The Morgan fingerprint density at radius 2 is 2.07 bits per heavy atom. The van der Waals surface area contributed by atoms with Crippen LogP contribution in [0.4, 0.5) is 0 Å². The molecule has 0 amide bonds. The van der Waals surface area contributed by atoms with E-state index in [0.29, 0.717) is 5.56 Å². The third-order valence-corrected chi connectivity index (χ3v) is 1.79. The highest BCUT2D eigenvalue weighted by molar-refractivity contribution is 5.78. The summed E-state index contributed by atoms with van der Waals surface area (Å²) in [5, 5.41) is 18.6. The number of ketones is 1. The van der Waals surface area contributed by atoms with E-state index in [9.17, 15) is 15.0 Å². The van der Waals surface area contributed by atoms with Gasteiger partial charge in [-0.25, -0.2) is 0 Å². The zero-order chi connectivity index (χ0) is 10.7. The highest BCUT2D eigenvalue weighted by atomic mass is 16.5. The van der Waals surface area contributed by atoms with Crippen LogP contribution in [-0.2, 0) is 11.2 Å². The molecule has 0 bridgehead atoms. The molecule has 4 heteroatoms. The second-order valence-electron chi connectivity index (χ2n) is 3.04. The fraction of sp³-hybridized carbons (Fsp3) is 0.300. The van der Waals surface area contributed by atoms with Crippen molar-refractivity contribution in [3.8, 4) is 17.2 Å². The number of carbonyl (C=O) groups excluding carboxylic acids is 1. The van der Waals surface area contributed by atoms with Crippen molar-refractivity contribution in [2.24, 2.45) is 0 Å². The average molecular weight is 196 g/mol. The van der Waals surface area contributed by atoms with Crippen LogP contribution in [0.5, 0.6) is 17.2 Å². The molecule has 76 valence electrons. The molecule has 0 aromatic heterocycles. The monoisotopic (exact) mass is 196 g/mol. The Kier molecular flexibility index (Phi) is 2.96. The zero-order valence-corrected chi connectivity index (χ0v) is 8.07. The summed E-state index contributed by atoms with van der Waals surface area (Å²) in [7, 11) is 1.38. The van der Waals surface area contributed by atoms with Crippen LogP contribution in [0.25, 0.3) is 0 Å². The molecule has 1 aromatic rings. The van der Waals surface area contributed by atoms with E-state index < -0.39 is 0 Å². The molecule has 0 aliphatic carbocycles. The van der Waals surface area contributed by atoms with Crippen molar-refractivity contribution in [1.82, 2.24) is 0 Å². The van der Waals surface area contributed by atoms with E-state index in [2.05, 4.69) is 0 Å². The van der Waals surface area contributed by atoms with Crippen molar-refractivity contribution in [1.29, 1.82) is 0 Å². The van der Waals surface area contributed by atoms with Gasteiger partial charge in [-0.05, 0) is 24.6 Å². The molecule has 0 heterocycles. The van der Waals surface area contributed by atoms with Crippen molar-refractivity contribution < 1.29 is 19.7 Å². The van der Waals surface area contributed by atoms with Gasteiger partial charge in [0, 0.05) is 6.42 Å². The first-order valence-corrected chi connectivity index (χ1v) is 4.13. The Morgan fingerprint density at radius 1 is 1.43 bits per heavy atom. The third-order valence-electron chi connectivity index (χ3n) is 1.79. The molecular formula is C10H12O4. The second-order valence-corrected chi connectivity index (χ2v) is 3.04. The van der Waals surface area contributed by atoms with Crippen LogP contribution in [0.15, 0.2) is 12.1 Å². The normalized spacial score (nSPS) is 9.86. The molecule has 0 fully saturated rings. The molecular weight excluding hydrogens is 184 g/mol. The SMILES string of the molecule is COc1cc(CC(C)=O)cc(O)c1O. The number of methoxy groups -OCH3 is 1. The Morgan fingerprint density at radius 3 is 2.57 bits per heavy atom. The van der Waals surface area contributed by atoms with Gasteiger partial charge in [-0.15, -0.1) is 0 Å². The molecule has 0 aliphatic heterocycles. The Bertz CT molecular complexity index is 357. The van der Waals surface area contributed by atoms with Gasteiger partial charge in [0.25, 0.3) is 0 Å². The lowest BCUT2D eigenvalue weighted by atomic mass is 10.1. The predicted octanol–water partition coefficient (Wildman–Crippen LogP) is 1.24. The predicted molar refractivity (Wildman–Crippen MR) is 50.7 cm³/mol. The summed E-state index contributed by atoms with van der Waals surface area (Å²) in [6.45, 7) is 1.45. The molecule has 0 saturated heterocycles. The van der Waals surface area contributed by atoms with Crippen molar-refractivity contribution >= 4 is 5.78 Å². The maximum Gasteiger partial charge on any atom is 0.200 e. The minimum absolute atomic E-state index is 0.0165. The van der Waals surface area contributed by atoms with E-state index in [4.69, 9.17) is 4.74 Å². The van der Waals surface area contributed by atoms with Gasteiger partial charge in [-0.2, -0.15) is 0 Å². The minimum Gasteiger partial charge on any atom is -0.504 e. The first kappa shape index (κ1) is 10.4. The van der Waals surface area contributed by atoms with Gasteiger partial charge in [0.2, 0.25) is 5.75 Å². The van der Waals surface area contributed by atoms with Crippen molar-refractivity contribution in [3.05, 3.63) is 17.7 Å². The summed E-state index contributed by atoms with van der Waals surface area (Å²) < 4.78 is 4.83. The molecule has 1 rings (SSSR count). The summed E-state index contributed by atoms with van der Waals surface area (Å²) >= 11 is 0. The number of phenolic OH excluding ortho intramolecular Hbond substituents is 2. The standard InChI is InChI=1S/C10H12O4/c1-6(11)3-7-4-8(12)10(13)9(5-7)14-2/h4-5,12-13H,3H2,1-2H3. The first-order chi connectivity index (χ1) is 6.54. The average Bonchev–Trinajstić information content (AvgIpc) is 2.10. The van der Waals surface area contributed by atoms with E-state index in [-0.39, 0.29) is 29.5 Å². The molecule has 1 aromatic carbocycles. The molecule has 0 radical (unpaired) electrons. The Hall–Kier alpha value is -1.71. The Balaban J connectivity index is 3.09. The summed E-state index contributed by atoms with van der Waals surface area (Å²) in [4.78, 5) is 10.8. The summed E-state index contributed by atoms with van der Waals surface area (Å²) in [5.74, 6) is -0.432. The summed E-state index contributed by atoms with van der Waals surface area (Å²) in [5.41, 5.74) is 0.615. The van der Waals surface area contributed by atoms with Crippen LogP contribution in [-0.4, -0.2) is 23.1 Å². The number of rotatable bonds is 3. The van der Waals surface area contributed by atoms with Gasteiger partial charge < -0.3 is 14.9 Å². The summed E-state index contributed by atoms with van der Waals surface area (Å²) in [6.07, 6.45) is 0.212. The van der Waals surface area contributed by atoms with E-state index in [1.165, 1.54) is 26.2 Å². The van der Waals surface area contributed by atoms with Crippen molar-refractivity contribution in [2.75, 3.05) is 7.11 Å². The largest absolute Gasteiger partial charge is 0.504 e. The molecule has 14 heavy (non-hydrogen) atoms. The van der Waals surface area contributed by atoms with Gasteiger partial charge in [0.05, 0.1) is 7.11 Å². The zero-order valence-electron chi connectivity index (χ0n) is 8.07. The van der Waals surface area contributed by atoms with Gasteiger partial charge >= 0.3 is 0 Å². The van der Waals surface area contributed by atoms with E-state index in [1.807, 2.05) is 0 Å². The van der Waals surface area contributed by atoms with Crippen LogP contribution in [0, 0.1) is 0 Å². The highest BCUT2D eigenvalue weighted by Crippen LogP contribution is 2.36. The quantitative estimate of drug-likeness (QED) is 0.714. The number of Topliss-reactive ketones (excluding diaryl/α,β-unsaturated/α-hetero) is 1. The maximum absolute atomic E-state index is 10.8. The molecule has 0 aliphatic rings. The fourth-order valence-electron chi connectivity index (χ4n) is 1.19. The maximum atomic E-state index is 10.8. The number of aromatic hydroxyl groups is 2. The van der Waals surface area contributed by atoms with Crippen LogP contribution in [0.2, 0.25) is 0 Å². The van der Waals surface area contributed by atoms with E-state index in [1.54, 1.807) is 0 Å². The van der Waals surface area contributed by atoms with Crippen molar-refractivity contribution in [3.63, 3.8) is 0 Å². The molecule has 0 spiro atoms. The molecule has 0 atom stereocenters. The number of hydrogen-bond donors (Lipinski definition) is 2. The van der Waals surface area contributed by atoms with E-state index >= 15 is 0 Å². The van der Waals surface area contributed by atoms with Gasteiger partial charge in [-0.1, -0.05) is 0 Å². The smallest absolute Gasteiger partial charge is 0.200 e. The number of hydrogen-bond acceptors (Lipinski definition) is 4. The molecule has 4 nitrogen and oxygen atoms in total. The fourth-order valence-corrected chi connectivity index (χ4v) is 1.19. The van der Waals surface area contributed by atoms with Gasteiger partial charge in [-0.3, -0.25) is 4.79 Å². The minimum atomic E-state index is -0.306. The second kappa shape index (κ2) is 4.00. The van der Waals surface area contributed by atoms with Crippen LogP contribution >= 0.6 is 0 Å². The highest BCUT2D eigenvalue weighted by Gasteiger charge is 2.10. The van der Waals surface area contributed by atoms with E-state index in [0.717, 1.165) is 0 Å².